The van der Waals surface area contributed by atoms with E-state index in [1.54, 1.807) is 24.5 Å². The van der Waals surface area contributed by atoms with E-state index >= 15 is 0 Å². The molecule has 8 heteroatoms. The Kier molecular flexibility index (Phi) is 5.26. The first-order valence-electron chi connectivity index (χ1n) is 11.2. The van der Waals surface area contributed by atoms with Gasteiger partial charge in [-0.1, -0.05) is 23.7 Å². The lowest BCUT2D eigenvalue weighted by molar-refractivity contribution is 0.0984. The summed E-state index contributed by atoms with van der Waals surface area (Å²) in [5.41, 5.74) is 4.02. The molecule has 2 aliphatic rings. The standard InChI is InChI=1S/C26H21BrClN3O3/c1-15-17-12-24(19(28)13-23(17)34-25(15)27)33-22-8-9-29-14-18(22)26(32)31-11-10-30(16-6-7-16)20-4-2-3-5-21(20)31/h2-5,8-9,12-14,16H,6-7,10-11H2,1H3. The van der Waals surface area contributed by atoms with Crippen LogP contribution in [-0.2, 0) is 0 Å². The summed E-state index contributed by atoms with van der Waals surface area (Å²) in [5.74, 6) is 0.707. The van der Waals surface area contributed by atoms with Gasteiger partial charge in [-0.15, -0.1) is 0 Å². The fourth-order valence-corrected chi connectivity index (χ4v) is 5.11. The molecule has 1 aliphatic carbocycles. The van der Waals surface area contributed by atoms with Gasteiger partial charge in [-0.2, -0.15) is 0 Å². The maximum atomic E-state index is 13.8. The van der Waals surface area contributed by atoms with E-state index < -0.39 is 0 Å². The summed E-state index contributed by atoms with van der Waals surface area (Å²) in [4.78, 5) is 22.2. The van der Waals surface area contributed by atoms with Crippen molar-refractivity contribution in [2.45, 2.75) is 25.8 Å². The summed E-state index contributed by atoms with van der Waals surface area (Å²) in [5, 5.41) is 1.28. The zero-order valence-corrected chi connectivity index (χ0v) is 20.8. The van der Waals surface area contributed by atoms with Gasteiger partial charge in [0, 0.05) is 48.5 Å². The molecule has 1 saturated carbocycles. The lowest BCUT2D eigenvalue weighted by Crippen LogP contribution is -2.45. The van der Waals surface area contributed by atoms with Gasteiger partial charge in [-0.3, -0.25) is 9.78 Å². The van der Waals surface area contributed by atoms with Gasteiger partial charge in [0.25, 0.3) is 5.91 Å². The van der Waals surface area contributed by atoms with Crippen molar-refractivity contribution in [3.05, 3.63) is 75.7 Å². The van der Waals surface area contributed by atoms with Crippen molar-refractivity contribution in [2.75, 3.05) is 22.9 Å². The summed E-state index contributed by atoms with van der Waals surface area (Å²) in [6.07, 6.45) is 5.58. The number of anilines is 2. The summed E-state index contributed by atoms with van der Waals surface area (Å²) < 4.78 is 12.5. The lowest BCUT2D eigenvalue weighted by Gasteiger charge is -2.38. The molecule has 2 aromatic carbocycles. The molecule has 0 unspecified atom stereocenters. The summed E-state index contributed by atoms with van der Waals surface area (Å²) >= 11 is 9.91. The molecule has 1 aliphatic heterocycles. The number of pyridine rings is 1. The number of hydrogen-bond acceptors (Lipinski definition) is 5. The van der Waals surface area contributed by atoms with Gasteiger partial charge >= 0.3 is 0 Å². The molecule has 6 nitrogen and oxygen atoms in total. The van der Waals surface area contributed by atoms with Crippen LogP contribution >= 0.6 is 27.5 Å². The number of rotatable bonds is 4. The van der Waals surface area contributed by atoms with Crippen LogP contribution in [-0.4, -0.2) is 30.0 Å². The van der Waals surface area contributed by atoms with Crippen molar-refractivity contribution in [1.82, 2.24) is 4.98 Å². The van der Waals surface area contributed by atoms with Crippen molar-refractivity contribution in [2.24, 2.45) is 0 Å². The predicted octanol–water partition coefficient (Wildman–Crippen LogP) is 6.97. The van der Waals surface area contributed by atoms with Crippen molar-refractivity contribution in [3.8, 4) is 11.5 Å². The van der Waals surface area contributed by atoms with Crippen LogP contribution in [0.1, 0.15) is 28.8 Å². The normalized spacial score (nSPS) is 15.5. The van der Waals surface area contributed by atoms with E-state index in [9.17, 15) is 4.79 Å². The van der Waals surface area contributed by atoms with Crippen LogP contribution in [0.4, 0.5) is 11.4 Å². The quantitative estimate of drug-likeness (QED) is 0.281. The average Bonchev–Trinajstić information content (AvgIpc) is 3.66. The Morgan fingerprint density at radius 3 is 2.74 bits per heavy atom. The molecule has 3 heterocycles. The predicted molar refractivity (Wildman–Crippen MR) is 136 cm³/mol. The second kappa shape index (κ2) is 8.32. The van der Waals surface area contributed by atoms with Crippen LogP contribution in [0.15, 0.2) is 63.9 Å². The van der Waals surface area contributed by atoms with Gasteiger partial charge in [0.1, 0.15) is 22.6 Å². The molecule has 34 heavy (non-hydrogen) atoms. The maximum absolute atomic E-state index is 13.8. The van der Waals surface area contributed by atoms with Crippen LogP contribution in [0, 0.1) is 6.92 Å². The Morgan fingerprint density at radius 1 is 1.15 bits per heavy atom. The molecule has 6 rings (SSSR count). The molecular weight excluding hydrogens is 518 g/mol. The fourth-order valence-electron chi connectivity index (χ4n) is 4.53. The molecule has 0 atom stereocenters. The van der Waals surface area contributed by atoms with Gasteiger partial charge < -0.3 is 19.0 Å². The van der Waals surface area contributed by atoms with E-state index in [-0.39, 0.29) is 5.91 Å². The van der Waals surface area contributed by atoms with Gasteiger partial charge in [0.15, 0.2) is 4.67 Å². The SMILES string of the molecule is Cc1c(Br)oc2cc(Cl)c(Oc3ccncc3C(=O)N3CCN(C4CC4)c4ccccc43)cc12. The van der Waals surface area contributed by atoms with Crippen molar-refractivity contribution >= 4 is 55.8 Å². The first-order valence-corrected chi connectivity index (χ1v) is 12.4. The number of benzene rings is 2. The van der Waals surface area contributed by atoms with E-state index in [1.165, 1.54) is 12.8 Å². The Bertz CT molecular complexity index is 1430. The molecule has 4 aromatic rings. The number of carbonyl (C=O) groups is 1. The van der Waals surface area contributed by atoms with E-state index in [0.29, 0.717) is 44.9 Å². The summed E-state index contributed by atoms with van der Waals surface area (Å²) in [7, 11) is 0. The van der Waals surface area contributed by atoms with Gasteiger partial charge in [0.2, 0.25) is 0 Å². The van der Waals surface area contributed by atoms with Crippen molar-refractivity contribution in [1.29, 1.82) is 0 Å². The number of ether oxygens (including phenoxy) is 1. The molecule has 0 bridgehead atoms. The first-order chi connectivity index (χ1) is 16.5. The molecule has 0 spiro atoms. The number of fused-ring (bicyclic) bond motifs is 2. The Hall–Kier alpha value is -3.03. The van der Waals surface area contributed by atoms with E-state index in [1.807, 2.05) is 36.1 Å². The van der Waals surface area contributed by atoms with Gasteiger partial charge in [-0.05, 0) is 60.0 Å². The van der Waals surface area contributed by atoms with E-state index in [2.05, 4.69) is 31.9 Å². The highest BCUT2D eigenvalue weighted by molar-refractivity contribution is 9.10. The summed E-state index contributed by atoms with van der Waals surface area (Å²) in [6, 6.07) is 13.9. The Labute approximate surface area is 210 Å². The fraction of sp³-hybridized carbons (Fsp3) is 0.231. The second-order valence-electron chi connectivity index (χ2n) is 8.62. The van der Waals surface area contributed by atoms with E-state index in [4.69, 9.17) is 20.8 Å². The lowest BCUT2D eigenvalue weighted by atomic mass is 10.1. The smallest absolute Gasteiger partial charge is 0.263 e. The molecule has 172 valence electrons. The molecule has 0 saturated heterocycles. The third kappa shape index (κ3) is 3.63. The molecule has 2 aromatic heterocycles. The third-order valence-corrected chi connectivity index (χ3v) is 7.50. The molecular formula is C26H21BrClN3O3. The zero-order chi connectivity index (χ0) is 23.4. The van der Waals surface area contributed by atoms with Crippen LogP contribution in [0.25, 0.3) is 11.0 Å². The van der Waals surface area contributed by atoms with Crippen LogP contribution < -0.4 is 14.5 Å². The molecule has 0 N–H and O–H groups in total. The molecule has 0 radical (unpaired) electrons. The maximum Gasteiger partial charge on any atom is 0.263 e. The minimum absolute atomic E-state index is 0.148. The number of aryl methyl sites for hydroxylation is 1. The molecule has 1 amide bonds. The largest absolute Gasteiger partial charge is 0.455 e. The number of hydrogen-bond donors (Lipinski definition) is 0. The highest BCUT2D eigenvalue weighted by atomic mass is 79.9. The Morgan fingerprint density at radius 2 is 1.94 bits per heavy atom. The van der Waals surface area contributed by atoms with Gasteiger partial charge in [0.05, 0.1) is 16.4 Å². The van der Waals surface area contributed by atoms with Crippen LogP contribution in [0.2, 0.25) is 5.02 Å². The zero-order valence-electron chi connectivity index (χ0n) is 18.4. The van der Waals surface area contributed by atoms with Crippen LogP contribution in [0.5, 0.6) is 11.5 Å². The van der Waals surface area contributed by atoms with Gasteiger partial charge in [-0.25, -0.2) is 0 Å². The highest BCUT2D eigenvalue weighted by Gasteiger charge is 2.36. The second-order valence-corrected chi connectivity index (χ2v) is 9.75. The van der Waals surface area contributed by atoms with Crippen molar-refractivity contribution < 1.29 is 13.9 Å². The molecule has 1 fully saturated rings. The average molecular weight is 539 g/mol. The monoisotopic (exact) mass is 537 g/mol. The third-order valence-electron chi connectivity index (χ3n) is 6.44. The first kappa shape index (κ1) is 21.5. The minimum atomic E-state index is -0.148. The number of para-hydroxylation sites is 2. The number of furan rings is 1. The van der Waals surface area contributed by atoms with Crippen molar-refractivity contribution in [3.63, 3.8) is 0 Å². The Balaban J connectivity index is 1.35. The highest BCUT2D eigenvalue weighted by Crippen LogP contribution is 2.42. The number of halogens is 2. The topological polar surface area (TPSA) is 58.8 Å². The number of nitrogens with zero attached hydrogens (tertiary/aromatic N) is 3. The number of amides is 1. The minimum Gasteiger partial charge on any atom is -0.455 e. The van der Waals surface area contributed by atoms with Crippen LogP contribution in [0.3, 0.4) is 0 Å². The summed E-state index contributed by atoms with van der Waals surface area (Å²) in [6.45, 7) is 3.37. The number of aromatic nitrogens is 1. The number of carbonyl (C=O) groups excluding carboxylic acids is 1. The van der Waals surface area contributed by atoms with E-state index in [0.717, 1.165) is 28.9 Å².